The van der Waals surface area contributed by atoms with Crippen LogP contribution in [0, 0.1) is 5.92 Å². The maximum Gasteiger partial charge on any atom is 0.152 e. The van der Waals surface area contributed by atoms with Crippen LogP contribution in [0.1, 0.15) is 104 Å². The minimum atomic E-state index is -0.336. The van der Waals surface area contributed by atoms with Gasteiger partial charge < -0.3 is 5.11 Å². The summed E-state index contributed by atoms with van der Waals surface area (Å²) in [5, 5.41) is 10.0. The highest BCUT2D eigenvalue weighted by molar-refractivity contribution is 5.87. The summed E-state index contributed by atoms with van der Waals surface area (Å²) < 4.78 is 0. The Morgan fingerprint density at radius 1 is 1.04 bits per heavy atom. The van der Waals surface area contributed by atoms with Gasteiger partial charge in [-0.3, -0.25) is 9.59 Å². The zero-order valence-corrected chi connectivity index (χ0v) is 17.5. The van der Waals surface area contributed by atoms with Gasteiger partial charge in [-0.05, 0) is 64.4 Å². The minimum absolute atomic E-state index is 0.0673. The molecule has 3 heteroatoms. The number of allylic oxidation sites excluding steroid dienone is 3. The second-order valence-corrected chi connectivity index (χ2v) is 8.32. The molecule has 0 aromatic carbocycles. The van der Waals surface area contributed by atoms with Crippen molar-refractivity contribution in [3.05, 3.63) is 23.8 Å². The number of aliphatic hydroxyl groups is 1. The molecule has 0 heterocycles. The number of rotatable bonds is 14. The van der Waals surface area contributed by atoms with Gasteiger partial charge in [-0.2, -0.15) is 0 Å². The summed E-state index contributed by atoms with van der Waals surface area (Å²) in [6.45, 7) is 3.60. The van der Waals surface area contributed by atoms with Gasteiger partial charge >= 0.3 is 0 Å². The lowest BCUT2D eigenvalue weighted by Crippen LogP contribution is -2.07. The topological polar surface area (TPSA) is 54.4 Å². The highest BCUT2D eigenvalue weighted by Gasteiger charge is 2.13. The van der Waals surface area contributed by atoms with E-state index >= 15 is 0 Å². The highest BCUT2D eigenvalue weighted by Crippen LogP contribution is 2.27. The number of ketones is 2. The third-order valence-electron chi connectivity index (χ3n) is 5.59. The van der Waals surface area contributed by atoms with Crippen LogP contribution in [0.5, 0.6) is 0 Å². The summed E-state index contributed by atoms with van der Waals surface area (Å²) in [6, 6.07) is 0. The molecule has 1 aliphatic rings. The molecule has 154 valence electrons. The summed E-state index contributed by atoms with van der Waals surface area (Å²) in [6.07, 6.45) is 19.7. The van der Waals surface area contributed by atoms with E-state index in [9.17, 15) is 14.7 Å². The molecule has 0 aliphatic heterocycles. The van der Waals surface area contributed by atoms with Crippen LogP contribution in [-0.4, -0.2) is 22.8 Å². The Morgan fingerprint density at radius 3 is 2.48 bits per heavy atom. The monoisotopic (exact) mass is 376 g/mol. The first-order valence-electron chi connectivity index (χ1n) is 11.0. The summed E-state index contributed by atoms with van der Waals surface area (Å²) in [7, 11) is 0. The molecule has 1 rings (SSSR count). The Balaban J connectivity index is 2.07. The lowest BCUT2D eigenvalue weighted by Gasteiger charge is -2.21. The van der Waals surface area contributed by atoms with Gasteiger partial charge in [-0.15, -0.1) is 0 Å². The van der Waals surface area contributed by atoms with Gasteiger partial charge in [-0.25, -0.2) is 0 Å². The van der Waals surface area contributed by atoms with Crippen molar-refractivity contribution in [1.82, 2.24) is 0 Å². The van der Waals surface area contributed by atoms with E-state index in [0.717, 1.165) is 44.4 Å². The number of hydrogen-bond donors (Lipinski definition) is 1. The SMILES string of the molecule is CC(=O)/C=C/CCC[C@@H](O)C/C=C(/C)CCC(=O)CCCC1CCCCC1. The first-order chi connectivity index (χ1) is 13.0. The summed E-state index contributed by atoms with van der Waals surface area (Å²) >= 11 is 0. The van der Waals surface area contributed by atoms with Gasteiger partial charge in [0.15, 0.2) is 5.78 Å². The van der Waals surface area contributed by atoms with Gasteiger partial charge in [-0.1, -0.05) is 56.3 Å². The number of carbonyl (C=O) groups excluding carboxylic acids is 2. The smallest absolute Gasteiger partial charge is 0.152 e. The van der Waals surface area contributed by atoms with Crippen molar-refractivity contribution in [2.24, 2.45) is 5.92 Å². The van der Waals surface area contributed by atoms with Crippen molar-refractivity contribution in [2.45, 2.75) is 110 Å². The van der Waals surface area contributed by atoms with Crippen molar-refractivity contribution in [2.75, 3.05) is 0 Å². The maximum absolute atomic E-state index is 12.1. The van der Waals surface area contributed by atoms with E-state index in [1.807, 2.05) is 6.08 Å². The zero-order valence-electron chi connectivity index (χ0n) is 17.5. The average molecular weight is 377 g/mol. The fraction of sp³-hybridized carbons (Fsp3) is 0.750. The lowest BCUT2D eigenvalue weighted by molar-refractivity contribution is -0.119. The molecule has 0 aromatic rings. The molecule has 27 heavy (non-hydrogen) atoms. The molecule has 1 fully saturated rings. The zero-order chi connectivity index (χ0) is 19.9. The molecule has 1 saturated carbocycles. The van der Waals surface area contributed by atoms with E-state index in [1.165, 1.54) is 44.1 Å². The second-order valence-electron chi connectivity index (χ2n) is 8.32. The molecule has 0 aromatic heterocycles. The van der Waals surface area contributed by atoms with Crippen LogP contribution in [0.3, 0.4) is 0 Å². The Morgan fingerprint density at radius 2 is 1.78 bits per heavy atom. The van der Waals surface area contributed by atoms with E-state index in [1.54, 1.807) is 13.0 Å². The van der Waals surface area contributed by atoms with Gasteiger partial charge in [0.1, 0.15) is 5.78 Å². The third kappa shape index (κ3) is 13.6. The number of unbranched alkanes of at least 4 members (excludes halogenated alkanes) is 1. The van der Waals surface area contributed by atoms with Crippen LogP contribution in [0.15, 0.2) is 23.8 Å². The average Bonchev–Trinajstić information content (AvgIpc) is 2.65. The number of aliphatic hydroxyl groups excluding tert-OH is 1. The summed E-state index contributed by atoms with van der Waals surface area (Å²) in [5.41, 5.74) is 1.20. The second kappa shape index (κ2) is 14.8. The van der Waals surface area contributed by atoms with Crippen LogP contribution in [0.4, 0.5) is 0 Å². The quantitative estimate of drug-likeness (QED) is 0.226. The van der Waals surface area contributed by atoms with Gasteiger partial charge in [0.25, 0.3) is 0 Å². The van der Waals surface area contributed by atoms with Crippen LogP contribution in [-0.2, 0) is 9.59 Å². The standard InChI is InChI=1S/C24H40O3/c1-20(16-18-23(26)14-8-3-5-10-21(2)25)17-19-24(27)15-9-13-22-11-6-4-7-12-22/h5,10,16,22-23,26H,3-4,6-9,11-15,17-19H2,1-2H3/b10-5+,20-16-/t23-/m1/s1. The van der Waals surface area contributed by atoms with Crippen LogP contribution in [0.2, 0.25) is 0 Å². The lowest BCUT2D eigenvalue weighted by atomic mass is 9.85. The predicted molar refractivity (Wildman–Crippen MR) is 113 cm³/mol. The first-order valence-corrected chi connectivity index (χ1v) is 11.0. The fourth-order valence-corrected chi connectivity index (χ4v) is 3.80. The van der Waals surface area contributed by atoms with Gasteiger partial charge in [0.05, 0.1) is 6.10 Å². The minimum Gasteiger partial charge on any atom is -0.393 e. The Labute approximate surface area is 166 Å². The summed E-state index contributed by atoms with van der Waals surface area (Å²) in [4.78, 5) is 22.9. The van der Waals surface area contributed by atoms with E-state index in [4.69, 9.17) is 0 Å². The number of hydrogen-bond acceptors (Lipinski definition) is 3. The van der Waals surface area contributed by atoms with Crippen molar-refractivity contribution >= 4 is 11.6 Å². The molecular formula is C24H40O3. The first kappa shape index (κ1) is 23.8. The largest absolute Gasteiger partial charge is 0.393 e. The van der Waals surface area contributed by atoms with Crippen molar-refractivity contribution in [3.63, 3.8) is 0 Å². The molecule has 0 radical (unpaired) electrons. The number of Topliss-reactive ketones (excluding diaryl/α,β-unsaturated/α-hetero) is 1. The molecule has 1 N–H and O–H groups in total. The fourth-order valence-electron chi connectivity index (χ4n) is 3.80. The molecule has 0 unspecified atom stereocenters. The Hall–Kier alpha value is -1.22. The molecule has 0 spiro atoms. The third-order valence-corrected chi connectivity index (χ3v) is 5.59. The van der Waals surface area contributed by atoms with Gasteiger partial charge in [0, 0.05) is 12.8 Å². The molecule has 0 saturated heterocycles. The van der Waals surface area contributed by atoms with Crippen molar-refractivity contribution < 1.29 is 14.7 Å². The van der Waals surface area contributed by atoms with E-state index in [2.05, 4.69) is 13.0 Å². The summed E-state index contributed by atoms with van der Waals surface area (Å²) in [5.74, 6) is 1.32. The van der Waals surface area contributed by atoms with E-state index in [-0.39, 0.29) is 11.9 Å². The maximum atomic E-state index is 12.1. The molecule has 0 amide bonds. The van der Waals surface area contributed by atoms with Crippen LogP contribution >= 0.6 is 0 Å². The number of carbonyl (C=O) groups is 2. The van der Waals surface area contributed by atoms with E-state index < -0.39 is 0 Å². The van der Waals surface area contributed by atoms with E-state index in [0.29, 0.717) is 18.6 Å². The molecule has 0 bridgehead atoms. The van der Waals surface area contributed by atoms with Crippen LogP contribution in [0.25, 0.3) is 0 Å². The predicted octanol–water partition coefficient (Wildman–Crippen LogP) is 6.10. The normalized spacial score (nSPS) is 17.4. The van der Waals surface area contributed by atoms with Gasteiger partial charge in [0.2, 0.25) is 0 Å². The molecular weight excluding hydrogens is 336 g/mol. The molecule has 1 atom stereocenters. The van der Waals surface area contributed by atoms with Crippen molar-refractivity contribution in [1.29, 1.82) is 0 Å². The van der Waals surface area contributed by atoms with Crippen LogP contribution < -0.4 is 0 Å². The molecule has 3 nitrogen and oxygen atoms in total. The van der Waals surface area contributed by atoms with Crippen molar-refractivity contribution in [3.8, 4) is 0 Å². The molecule has 1 aliphatic carbocycles. The Kier molecular flexibility index (Phi) is 13.0. The Bertz CT molecular complexity index is 484. The highest BCUT2D eigenvalue weighted by atomic mass is 16.3.